The minimum absolute atomic E-state index is 0.109. The summed E-state index contributed by atoms with van der Waals surface area (Å²) in [7, 11) is 0. The first-order valence-electron chi connectivity index (χ1n) is 8.29. The number of hydrogen-bond donors (Lipinski definition) is 0. The summed E-state index contributed by atoms with van der Waals surface area (Å²) < 4.78 is 10.7. The number of ether oxygens (including phenoxy) is 2. The van der Waals surface area contributed by atoms with Crippen LogP contribution in [0.4, 0.5) is 0 Å². The van der Waals surface area contributed by atoms with Crippen LogP contribution >= 0.6 is 11.6 Å². The number of carbonyl (C=O) groups is 1. The van der Waals surface area contributed by atoms with Crippen LogP contribution in [0.15, 0.2) is 48.5 Å². The molecule has 2 aromatic rings. The summed E-state index contributed by atoms with van der Waals surface area (Å²) in [6.45, 7) is 2.78. The Morgan fingerprint density at radius 3 is 2.54 bits per heavy atom. The van der Waals surface area contributed by atoms with Crippen molar-refractivity contribution in [2.75, 3.05) is 6.61 Å². The highest BCUT2D eigenvalue weighted by molar-refractivity contribution is 6.30. The molecule has 0 fully saturated rings. The predicted molar refractivity (Wildman–Crippen MR) is 96.4 cm³/mol. The Morgan fingerprint density at radius 1 is 1.04 bits per heavy atom. The van der Waals surface area contributed by atoms with Crippen LogP contribution in [0.25, 0.3) is 0 Å². The molecule has 0 radical (unpaired) electrons. The second-order valence-electron chi connectivity index (χ2n) is 5.57. The van der Waals surface area contributed by atoms with E-state index in [-0.39, 0.29) is 5.97 Å². The molecule has 2 aromatic carbocycles. The lowest BCUT2D eigenvalue weighted by atomic mass is 10.1. The van der Waals surface area contributed by atoms with Gasteiger partial charge >= 0.3 is 5.97 Å². The van der Waals surface area contributed by atoms with Crippen LogP contribution in [0.2, 0.25) is 5.02 Å². The summed E-state index contributed by atoms with van der Waals surface area (Å²) in [5.74, 6) is 0.729. The fraction of sp³-hybridized carbons (Fsp3) is 0.350. The topological polar surface area (TPSA) is 35.5 Å². The summed E-state index contributed by atoms with van der Waals surface area (Å²) in [6.07, 6.45) is 3.27. The number of aryl methyl sites for hydroxylation is 1. The first-order chi connectivity index (χ1) is 11.7. The van der Waals surface area contributed by atoms with E-state index in [2.05, 4.69) is 12.1 Å². The second-order valence-corrected chi connectivity index (χ2v) is 6.01. The number of hydrogen-bond acceptors (Lipinski definition) is 3. The van der Waals surface area contributed by atoms with Crippen LogP contribution in [0.1, 0.15) is 37.3 Å². The highest BCUT2D eigenvalue weighted by Gasteiger charge is 2.02. The van der Waals surface area contributed by atoms with Gasteiger partial charge in [0.1, 0.15) is 12.4 Å². The average Bonchev–Trinajstić information content (AvgIpc) is 2.58. The van der Waals surface area contributed by atoms with Gasteiger partial charge in [0.15, 0.2) is 0 Å². The van der Waals surface area contributed by atoms with Gasteiger partial charge in [-0.15, -0.1) is 0 Å². The van der Waals surface area contributed by atoms with Crippen LogP contribution in [0, 0.1) is 0 Å². The smallest absolute Gasteiger partial charge is 0.305 e. The number of halogens is 1. The molecule has 0 aliphatic carbocycles. The Hall–Kier alpha value is -2.00. The Labute approximate surface area is 148 Å². The molecular weight excluding hydrogens is 324 g/mol. The van der Waals surface area contributed by atoms with Gasteiger partial charge in [-0.25, -0.2) is 0 Å². The molecular formula is C20H23ClO3. The summed E-state index contributed by atoms with van der Waals surface area (Å²) in [5, 5.41) is 0.717. The zero-order chi connectivity index (χ0) is 17.2. The average molecular weight is 347 g/mol. The lowest BCUT2D eigenvalue weighted by molar-refractivity contribution is -0.143. The van der Waals surface area contributed by atoms with Gasteiger partial charge in [0.2, 0.25) is 0 Å². The molecule has 0 heterocycles. The molecule has 0 atom stereocenters. The van der Waals surface area contributed by atoms with E-state index in [1.807, 2.05) is 43.3 Å². The third-order valence-corrected chi connectivity index (χ3v) is 3.85. The van der Waals surface area contributed by atoms with Crippen LogP contribution in [0.5, 0.6) is 5.75 Å². The standard InChI is InChI=1S/C20H23ClO3/c1-2-23-20(22)9-4-3-6-16-10-12-19(13-11-16)24-15-17-7-5-8-18(21)14-17/h5,7-8,10-14H,2-4,6,9,15H2,1H3. The van der Waals surface area contributed by atoms with E-state index >= 15 is 0 Å². The van der Waals surface area contributed by atoms with Gasteiger partial charge in [0, 0.05) is 11.4 Å². The highest BCUT2D eigenvalue weighted by Crippen LogP contribution is 2.17. The third-order valence-electron chi connectivity index (χ3n) is 3.62. The maximum atomic E-state index is 11.3. The molecule has 2 rings (SSSR count). The summed E-state index contributed by atoms with van der Waals surface area (Å²) in [6, 6.07) is 15.7. The normalized spacial score (nSPS) is 10.4. The van der Waals surface area contributed by atoms with E-state index in [4.69, 9.17) is 21.1 Å². The molecule has 0 bridgehead atoms. The van der Waals surface area contributed by atoms with Crippen molar-refractivity contribution in [2.24, 2.45) is 0 Å². The summed E-state index contributed by atoms with van der Waals surface area (Å²) in [5.41, 5.74) is 2.29. The molecule has 24 heavy (non-hydrogen) atoms. The van der Waals surface area contributed by atoms with Gasteiger partial charge < -0.3 is 9.47 Å². The molecule has 0 N–H and O–H groups in total. The third kappa shape index (κ3) is 6.63. The number of benzene rings is 2. The Bertz CT molecular complexity index is 638. The van der Waals surface area contributed by atoms with Crippen molar-refractivity contribution in [3.05, 3.63) is 64.7 Å². The SMILES string of the molecule is CCOC(=O)CCCCc1ccc(OCc2cccc(Cl)c2)cc1. The minimum atomic E-state index is -0.109. The van der Waals surface area contributed by atoms with E-state index < -0.39 is 0 Å². The van der Waals surface area contributed by atoms with Crippen LogP contribution < -0.4 is 4.74 Å². The molecule has 3 nitrogen and oxygen atoms in total. The lowest BCUT2D eigenvalue weighted by Gasteiger charge is -2.08. The Kier molecular flexibility index (Phi) is 7.63. The van der Waals surface area contributed by atoms with Crippen LogP contribution in [-0.2, 0) is 22.6 Å². The molecule has 0 aliphatic rings. The number of esters is 1. The number of carbonyl (C=O) groups excluding carboxylic acids is 1. The molecule has 0 saturated heterocycles. The maximum Gasteiger partial charge on any atom is 0.305 e. The molecule has 0 aromatic heterocycles. The van der Waals surface area contributed by atoms with Crippen molar-refractivity contribution in [1.82, 2.24) is 0 Å². The zero-order valence-electron chi connectivity index (χ0n) is 14.0. The molecule has 0 saturated carbocycles. The van der Waals surface area contributed by atoms with E-state index in [0.717, 1.165) is 30.6 Å². The predicted octanol–water partition coefficient (Wildman–Crippen LogP) is 5.19. The number of unbranched alkanes of at least 4 members (excludes halogenated alkanes) is 1. The zero-order valence-corrected chi connectivity index (χ0v) is 14.7. The molecule has 0 amide bonds. The van der Waals surface area contributed by atoms with Crippen molar-refractivity contribution < 1.29 is 14.3 Å². The fourth-order valence-electron chi connectivity index (χ4n) is 2.38. The van der Waals surface area contributed by atoms with Crippen LogP contribution in [-0.4, -0.2) is 12.6 Å². The second kappa shape index (κ2) is 9.99. The van der Waals surface area contributed by atoms with Gasteiger partial charge in [-0.05, 0) is 61.6 Å². The quantitative estimate of drug-likeness (QED) is 0.462. The van der Waals surface area contributed by atoms with Gasteiger partial charge in [-0.2, -0.15) is 0 Å². The summed E-state index contributed by atoms with van der Waals surface area (Å²) in [4.78, 5) is 11.3. The first-order valence-corrected chi connectivity index (χ1v) is 8.67. The fourth-order valence-corrected chi connectivity index (χ4v) is 2.59. The van der Waals surface area contributed by atoms with Crippen LogP contribution in [0.3, 0.4) is 0 Å². The van der Waals surface area contributed by atoms with Crippen molar-refractivity contribution in [3.63, 3.8) is 0 Å². The molecule has 128 valence electrons. The van der Waals surface area contributed by atoms with E-state index in [9.17, 15) is 4.79 Å². The van der Waals surface area contributed by atoms with Crippen molar-refractivity contribution in [3.8, 4) is 5.75 Å². The number of rotatable bonds is 9. The van der Waals surface area contributed by atoms with Crippen molar-refractivity contribution in [1.29, 1.82) is 0 Å². The van der Waals surface area contributed by atoms with E-state index in [1.54, 1.807) is 0 Å². The highest BCUT2D eigenvalue weighted by atomic mass is 35.5. The molecule has 0 aliphatic heterocycles. The molecule has 4 heteroatoms. The van der Waals surface area contributed by atoms with Gasteiger partial charge in [0.25, 0.3) is 0 Å². The molecule has 0 spiro atoms. The monoisotopic (exact) mass is 346 g/mol. The van der Waals surface area contributed by atoms with E-state index in [0.29, 0.717) is 24.7 Å². The Balaban J connectivity index is 1.71. The van der Waals surface area contributed by atoms with E-state index in [1.165, 1.54) is 5.56 Å². The largest absolute Gasteiger partial charge is 0.489 e. The Morgan fingerprint density at radius 2 is 1.83 bits per heavy atom. The van der Waals surface area contributed by atoms with Crippen molar-refractivity contribution in [2.45, 2.75) is 39.2 Å². The first kappa shape index (κ1) is 18.3. The van der Waals surface area contributed by atoms with Crippen molar-refractivity contribution >= 4 is 17.6 Å². The lowest BCUT2D eigenvalue weighted by Crippen LogP contribution is -2.03. The minimum Gasteiger partial charge on any atom is -0.489 e. The maximum absolute atomic E-state index is 11.3. The van der Waals surface area contributed by atoms with Gasteiger partial charge in [0.05, 0.1) is 6.61 Å². The van der Waals surface area contributed by atoms with Gasteiger partial charge in [-0.1, -0.05) is 35.9 Å². The van der Waals surface area contributed by atoms with Gasteiger partial charge in [-0.3, -0.25) is 4.79 Å². The molecule has 0 unspecified atom stereocenters. The summed E-state index contributed by atoms with van der Waals surface area (Å²) >= 11 is 5.96.